The number of allylic oxidation sites excluding steroid dienone is 2. The zero-order valence-electron chi connectivity index (χ0n) is 11.3. The monoisotopic (exact) mass is 282 g/mol. The van der Waals surface area contributed by atoms with Crippen LogP contribution in [0.5, 0.6) is 0 Å². The molecule has 0 aliphatic carbocycles. The lowest BCUT2D eigenvalue weighted by Gasteiger charge is -2.17. The van der Waals surface area contributed by atoms with Gasteiger partial charge in [-0.2, -0.15) is 15.6 Å². The molecule has 1 rings (SSSR count). The summed E-state index contributed by atoms with van der Waals surface area (Å²) >= 11 is 0. The SMILES string of the molecule is CCC=C(C)C=NNc1ccc([NH+]([O-])O)cc1[NH+]([O-])O. The highest BCUT2D eigenvalue weighted by Gasteiger charge is 2.13. The maximum atomic E-state index is 11.1. The molecule has 5 N–H and O–H groups in total. The number of nitrogens with one attached hydrogen (secondary N) is 3. The second-order valence-electron chi connectivity index (χ2n) is 4.10. The Morgan fingerprint density at radius 3 is 2.60 bits per heavy atom. The minimum atomic E-state index is -1.22. The van der Waals surface area contributed by atoms with Crippen LogP contribution in [0.3, 0.4) is 0 Å². The molecular weight excluding hydrogens is 264 g/mol. The van der Waals surface area contributed by atoms with Crippen LogP contribution >= 0.6 is 0 Å². The standard InChI is InChI=1S/C12H18N4O4/c1-3-4-9(2)8-13-14-11-6-5-10(15(17)18)7-12(11)16(19)20/h4-8,14-17,19H,3H2,1-2H3. The van der Waals surface area contributed by atoms with Gasteiger partial charge in [-0.15, -0.1) is 0 Å². The summed E-state index contributed by atoms with van der Waals surface area (Å²) in [6, 6.07) is 3.79. The van der Waals surface area contributed by atoms with Crippen molar-refractivity contribution in [3.05, 3.63) is 40.3 Å². The van der Waals surface area contributed by atoms with E-state index in [4.69, 9.17) is 10.4 Å². The number of anilines is 1. The third-order valence-corrected chi connectivity index (χ3v) is 2.48. The zero-order chi connectivity index (χ0) is 15.1. The molecule has 0 amide bonds. The van der Waals surface area contributed by atoms with Crippen molar-refractivity contribution in [2.24, 2.45) is 5.10 Å². The van der Waals surface area contributed by atoms with Crippen molar-refractivity contribution < 1.29 is 20.9 Å². The number of hydrazone groups is 1. The van der Waals surface area contributed by atoms with Gasteiger partial charge in [0, 0.05) is 12.3 Å². The topological polar surface area (TPSA) is 120 Å². The lowest BCUT2D eigenvalue weighted by atomic mass is 10.2. The molecule has 20 heavy (non-hydrogen) atoms. The van der Waals surface area contributed by atoms with Crippen molar-refractivity contribution in [3.63, 3.8) is 0 Å². The quantitative estimate of drug-likeness (QED) is 0.378. The number of quaternary nitrogens is 2. The number of benzene rings is 1. The molecule has 1 aromatic carbocycles. The van der Waals surface area contributed by atoms with E-state index in [1.807, 2.05) is 19.9 Å². The largest absolute Gasteiger partial charge is 0.595 e. The van der Waals surface area contributed by atoms with Gasteiger partial charge in [0.1, 0.15) is 5.69 Å². The Morgan fingerprint density at radius 1 is 1.35 bits per heavy atom. The van der Waals surface area contributed by atoms with Gasteiger partial charge in [0.15, 0.2) is 11.4 Å². The van der Waals surface area contributed by atoms with E-state index in [-0.39, 0.29) is 17.1 Å². The van der Waals surface area contributed by atoms with Crippen LogP contribution in [-0.4, -0.2) is 16.6 Å². The van der Waals surface area contributed by atoms with Crippen molar-refractivity contribution in [1.29, 1.82) is 0 Å². The molecule has 0 aliphatic rings. The summed E-state index contributed by atoms with van der Waals surface area (Å²) in [5.74, 6) is 0. The van der Waals surface area contributed by atoms with Gasteiger partial charge in [0.2, 0.25) is 0 Å². The van der Waals surface area contributed by atoms with Crippen molar-refractivity contribution >= 4 is 23.3 Å². The highest BCUT2D eigenvalue weighted by Crippen LogP contribution is 2.20. The summed E-state index contributed by atoms with van der Waals surface area (Å²) in [6.07, 6.45) is 4.42. The van der Waals surface area contributed by atoms with Crippen LogP contribution in [-0.2, 0) is 0 Å². The van der Waals surface area contributed by atoms with Gasteiger partial charge in [-0.1, -0.05) is 13.0 Å². The van der Waals surface area contributed by atoms with E-state index in [9.17, 15) is 10.4 Å². The van der Waals surface area contributed by atoms with Gasteiger partial charge >= 0.3 is 0 Å². The van der Waals surface area contributed by atoms with E-state index >= 15 is 0 Å². The summed E-state index contributed by atoms with van der Waals surface area (Å²) < 4.78 is 0. The lowest BCUT2D eigenvalue weighted by Crippen LogP contribution is -3.00. The second-order valence-corrected chi connectivity index (χ2v) is 4.10. The Labute approximate surface area is 116 Å². The predicted molar refractivity (Wildman–Crippen MR) is 74.2 cm³/mol. The molecule has 110 valence electrons. The van der Waals surface area contributed by atoms with E-state index in [2.05, 4.69) is 10.5 Å². The maximum absolute atomic E-state index is 11.1. The summed E-state index contributed by atoms with van der Waals surface area (Å²) in [5.41, 5.74) is 3.56. The van der Waals surface area contributed by atoms with Crippen LogP contribution in [0.1, 0.15) is 20.3 Å². The molecule has 1 aromatic rings. The minimum absolute atomic E-state index is 0.0843. The fourth-order valence-electron chi connectivity index (χ4n) is 1.53. The minimum Gasteiger partial charge on any atom is -0.595 e. The summed E-state index contributed by atoms with van der Waals surface area (Å²) in [4.78, 5) is 0. The summed E-state index contributed by atoms with van der Waals surface area (Å²) in [6.45, 7) is 3.87. The molecule has 8 heteroatoms. The van der Waals surface area contributed by atoms with E-state index in [0.29, 0.717) is 0 Å². The van der Waals surface area contributed by atoms with Crippen LogP contribution in [0.4, 0.5) is 17.1 Å². The Bertz CT molecular complexity index is 500. The molecule has 0 fully saturated rings. The Balaban J connectivity index is 2.92. The fraction of sp³-hybridized carbons (Fsp3) is 0.250. The van der Waals surface area contributed by atoms with Crippen molar-refractivity contribution in [2.45, 2.75) is 20.3 Å². The molecule has 0 radical (unpaired) electrons. The first kappa shape index (κ1) is 16.2. The number of nitrogens with zero attached hydrogens (tertiary/aromatic N) is 1. The average Bonchev–Trinajstić information content (AvgIpc) is 2.38. The van der Waals surface area contributed by atoms with Crippen LogP contribution in [0.2, 0.25) is 0 Å². The third kappa shape index (κ3) is 4.70. The molecule has 0 saturated heterocycles. The normalized spacial score (nSPS) is 15.4. The van der Waals surface area contributed by atoms with Crippen molar-refractivity contribution in [3.8, 4) is 0 Å². The van der Waals surface area contributed by atoms with E-state index in [1.165, 1.54) is 12.1 Å². The molecule has 0 aliphatic heterocycles. The summed E-state index contributed by atoms with van der Waals surface area (Å²) in [5, 5.41) is 41.4. The Kier molecular flexibility index (Phi) is 6.25. The molecule has 0 saturated carbocycles. The van der Waals surface area contributed by atoms with Crippen molar-refractivity contribution in [1.82, 2.24) is 0 Å². The molecule has 0 bridgehead atoms. The van der Waals surface area contributed by atoms with Gasteiger partial charge < -0.3 is 10.4 Å². The average molecular weight is 282 g/mol. The first-order valence-corrected chi connectivity index (χ1v) is 6.02. The zero-order valence-corrected chi connectivity index (χ0v) is 11.3. The molecule has 2 atom stereocenters. The van der Waals surface area contributed by atoms with E-state index in [1.54, 1.807) is 6.21 Å². The molecule has 0 spiro atoms. The Hall–Kier alpha value is -1.81. The van der Waals surface area contributed by atoms with Gasteiger partial charge in [-0.25, -0.2) is 10.4 Å². The Morgan fingerprint density at radius 2 is 2.05 bits per heavy atom. The predicted octanol–water partition coefficient (Wildman–Crippen LogP) is 0.247. The molecule has 0 heterocycles. The van der Waals surface area contributed by atoms with E-state index in [0.717, 1.165) is 18.1 Å². The van der Waals surface area contributed by atoms with Gasteiger partial charge in [0.25, 0.3) is 0 Å². The molecule has 8 nitrogen and oxygen atoms in total. The first-order valence-electron chi connectivity index (χ1n) is 6.02. The number of hydrogen-bond acceptors (Lipinski definition) is 6. The van der Waals surface area contributed by atoms with Crippen LogP contribution < -0.4 is 15.9 Å². The fourth-order valence-corrected chi connectivity index (χ4v) is 1.53. The number of hydrogen-bond donors (Lipinski definition) is 5. The third-order valence-electron chi connectivity index (χ3n) is 2.48. The van der Waals surface area contributed by atoms with Crippen LogP contribution in [0.25, 0.3) is 0 Å². The molecule has 0 aromatic heterocycles. The molecule has 2 unspecified atom stereocenters. The van der Waals surface area contributed by atoms with E-state index < -0.39 is 10.5 Å². The van der Waals surface area contributed by atoms with Gasteiger partial charge in [-0.05, 0) is 25.0 Å². The van der Waals surface area contributed by atoms with Gasteiger partial charge in [-0.3, -0.25) is 5.43 Å². The maximum Gasteiger partial charge on any atom is 0.195 e. The second kappa shape index (κ2) is 7.70. The van der Waals surface area contributed by atoms with Crippen LogP contribution in [0.15, 0.2) is 34.9 Å². The smallest absolute Gasteiger partial charge is 0.195 e. The van der Waals surface area contributed by atoms with Crippen LogP contribution in [0, 0.1) is 10.4 Å². The van der Waals surface area contributed by atoms with Crippen molar-refractivity contribution in [2.75, 3.05) is 5.43 Å². The first-order chi connectivity index (χ1) is 9.45. The van der Waals surface area contributed by atoms with Gasteiger partial charge in [0.05, 0.1) is 6.07 Å². The number of rotatable bonds is 6. The molecular formula is C12H18N4O4. The summed E-state index contributed by atoms with van der Waals surface area (Å²) in [7, 11) is 0. The highest BCUT2D eigenvalue weighted by molar-refractivity contribution is 5.78. The lowest BCUT2D eigenvalue weighted by molar-refractivity contribution is -0.996. The highest BCUT2D eigenvalue weighted by atomic mass is 16.8.